The summed E-state index contributed by atoms with van der Waals surface area (Å²) in [5.41, 5.74) is 1.92. The van der Waals surface area contributed by atoms with Crippen LogP contribution in [0.25, 0.3) is 5.65 Å². The standard InChI is InChI=1S/C21H29N7O3/c1-5-18(29)27-11-16(12-27)31-21(30)26-8-6-15(7-9-26)25-20-24-14(4)23-19-17(13(2)3)10-22-28(19)20/h5,10,13,15-16H,1,6-9,11-12H2,2-4H3,(H,23,24,25). The van der Waals surface area contributed by atoms with Crippen LogP contribution in [0.3, 0.4) is 0 Å². The SMILES string of the molecule is C=CC(=O)N1CC(OC(=O)N2CCC(Nc3nc(C)nc4c(C(C)C)cnn34)CC2)C1. The van der Waals surface area contributed by atoms with Crippen LogP contribution in [0.2, 0.25) is 0 Å². The first kappa shape index (κ1) is 21.1. The molecule has 2 fully saturated rings. The maximum atomic E-state index is 12.4. The van der Waals surface area contributed by atoms with E-state index in [1.54, 1.807) is 14.3 Å². The average Bonchev–Trinajstić information content (AvgIpc) is 3.14. The predicted molar refractivity (Wildman–Crippen MR) is 115 cm³/mol. The fraction of sp³-hybridized carbons (Fsp3) is 0.571. The second-order valence-electron chi connectivity index (χ2n) is 8.44. The molecule has 31 heavy (non-hydrogen) atoms. The molecule has 2 aromatic rings. The van der Waals surface area contributed by atoms with Crippen molar-refractivity contribution in [3.63, 3.8) is 0 Å². The lowest BCUT2D eigenvalue weighted by Gasteiger charge is -2.39. The van der Waals surface area contributed by atoms with Crippen LogP contribution in [0.5, 0.6) is 0 Å². The van der Waals surface area contributed by atoms with Gasteiger partial charge in [0, 0.05) is 24.7 Å². The Labute approximate surface area is 181 Å². The van der Waals surface area contributed by atoms with E-state index in [0.29, 0.717) is 43.9 Å². The van der Waals surface area contributed by atoms with Crippen LogP contribution in [0, 0.1) is 6.92 Å². The molecule has 10 heteroatoms. The molecule has 0 unspecified atom stereocenters. The third kappa shape index (κ3) is 4.33. The van der Waals surface area contributed by atoms with E-state index in [1.165, 1.54) is 6.08 Å². The van der Waals surface area contributed by atoms with Crippen LogP contribution in [0.1, 0.15) is 44.0 Å². The zero-order valence-electron chi connectivity index (χ0n) is 18.2. The molecular formula is C21H29N7O3. The van der Waals surface area contributed by atoms with Gasteiger partial charge >= 0.3 is 6.09 Å². The maximum Gasteiger partial charge on any atom is 0.410 e. The minimum absolute atomic E-state index is 0.133. The Balaban J connectivity index is 1.31. The molecule has 4 rings (SSSR count). The third-order valence-corrected chi connectivity index (χ3v) is 5.82. The van der Waals surface area contributed by atoms with Gasteiger partial charge in [-0.2, -0.15) is 14.6 Å². The van der Waals surface area contributed by atoms with Gasteiger partial charge in [-0.05, 0) is 31.8 Å². The number of aromatic nitrogens is 4. The van der Waals surface area contributed by atoms with Gasteiger partial charge in [0.05, 0.1) is 19.3 Å². The number of hydrogen-bond donors (Lipinski definition) is 1. The van der Waals surface area contributed by atoms with E-state index >= 15 is 0 Å². The Hall–Kier alpha value is -3.17. The molecule has 4 heterocycles. The topological polar surface area (TPSA) is 105 Å². The van der Waals surface area contributed by atoms with E-state index in [2.05, 4.69) is 40.8 Å². The molecule has 2 aliphatic heterocycles. The van der Waals surface area contributed by atoms with Crippen LogP contribution in [-0.2, 0) is 9.53 Å². The molecule has 0 aliphatic carbocycles. The summed E-state index contributed by atoms with van der Waals surface area (Å²) in [6.07, 6.45) is 4.13. The Kier molecular flexibility index (Phi) is 5.79. The zero-order chi connectivity index (χ0) is 22.1. The van der Waals surface area contributed by atoms with Crippen LogP contribution in [0.4, 0.5) is 10.7 Å². The Morgan fingerprint density at radius 2 is 1.94 bits per heavy atom. The average molecular weight is 428 g/mol. The van der Waals surface area contributed by atoms with E-state index in [1.807, 2.05) is 13.1 Å². The molecular weight excluding hydrogens is 398 g/mol. The van der Waals surface area contributed by atoms with E-state index in [9.17, 15) is 9.59 Å². The minimum atomic E-state index is -0.317. The van der Waals surface area contributed by atoms with Crippen molar-refractivity contribution in [2.45, 2.75) is 51.7 Å². The highest BCUT2D eigenvalue weighted by molar-refractivity contribution is 5.87. The number of aryl methyl sites for hydroxylation is 1. The summed E-state index contributed by atoms with van der Waals surface area (Å²) in [4.78, 5) is 36.3. The highest BCUT2D eigenvalue weighted by Crippen LogP contribution is 2.23. The van der Waals surface area contributed by atoms with E-state index in [0.717, 1.165) is 24.1 Å². The van der Waals surface area contributed by atoms with E-state index < -0.39 is 0 Å². The lowest BCUT2D eigenvalue weighted by Crippen LogP contribution is -2.56. The molecule has 0 radical (unpaired) electrons. The number of carbonyl (C=O) groups is 2. The smallest absolute Gasteiger partial charge is 0.410 e. The van der Waals surface area contributed by atoms with E-state index in [4.69, 9.17) is 4.74 Å². The Bertz CT molecular complexity index is 988. The van der Waals surface area contributed by atoms with Crippen molar-refractivity contribution in [1.82, 2.24) is 29.4 Å². The molecule has 1 N–H and O–H groups in total. The number of hydrogen-bond acceptors (Lipinski definition) is 7. The van der Waals surface area contributed by atoms with Gasteiger partial charge in [0.15, 0.2) is 5.65 Å². The second kappa shape index (κ2) is 8.52. The minimum Gasteiger partial charge on any atom is -0.442 e. The summed E-state index contributed by atoms with van der Waals surface area (Å²) in [5, 5.41) is 7.95. The predicted octanol–water partition coefficient (Wildman–Crippen LogP) is 1.97. The molecule has 0 spiro atoms. The summed E-state index contributed by atoms with van der Waals surface area (Å²) in [6, 6.07) is 0.178. The van der Waals surface area contributed by atoms with Gasteiger partial charge in [0.1, 0.15) is 11.9 Å². The van der Waals surface area contributed by atoms with Crippen LogP contribution in [-0.4, -0.2) is 79.7 Å². The van der Waals surface area contributed by atoms with Gasteiger partial charge in [-0.3, -0.25) is 4.79 Å². The summed E-state index contributed by atoms with van der Waals surface area (Å²) >= 11 is 0. The zero-order valence-corrected chi connectivity index (χ0v) is 18.2. The molecule has 2 amide bonds. The molecule has 166 valence electrons. The summed E-state index contributed by atoms with van der Waals surface area (Å²) in [5.74, 6) is 1.57. The molecule has 0 bridgehead atoms. The van der Waals surface area contributed by atoms with Crippen molar-refractivity contribution in [3.05, 3.63) is 30.2 Å². The molecule has 2 aromatic heterocycles. The van der Waals surface area contributed by atoms with Crippen LogP contribution < -0.4 is 5.32 Å². The van der Waals surface area contributed by atoms with Crippen molar-refractivity contribution in [3.8, 4) is 0 Å². The summed E-state index contributed by atoms with van der Waals surface area (Å²) < 4.78 is 7.27. The molecule has 2 saturated heterocycles. The van der Waals surface area contributed by atoms with Crippen molar-refractivity contribution in [1.29, 1.82) is 0 Å². The Morgan fingerprint density at radius 1 is 1.23 bits per heavy atom. The third-order valence-electron chi connectivity index (χ3n) is 5.82. The number of rotatable bonds is 5. The first-order valence-electron chi connectivity index (χ1n) is 10.7. The molecule has 0 aromatic carbocycles. The fourth-order valence-electron chi connectivity index (χ4n) is 3.93. The lowest BCUT2D eigenvalue weighted by molar-refractivity contribution is -0.136. The number of carbonyl (C=O) groups excluding carboxylic acids is 2. The Morgan fingerprint density at radius 3 is 2.58 bits per heavy atom. The van der Waals surface area contributed by atoms with Crippen molar-refractivity contribution in [2.24, 2.45) is 0 Å². The molecule has 0 atom stereocenters. The number of nitrogens with zero attached hydrogens (tertiary/aromatic N) is 6. The normalized spacial score (nSPS) is 17.7. The van der Waals surface area contributed by atoms with Gasteiger partial charge in [-0.1, -0.05) is 20.4 Å². The molecule has 10 nitrogen and oxygen atoms in total. The van der Waals surface area contributed by atoms with Gasteiger partial charge in [0.25, 0.3) is 0 Å². The monoisotopic (exact) mass is 427 g/mol. The number of ether oxygens (including phenoxy) is 1. The number of fused-ring (bicyclic) bond motifs is 1. The van der Waals surface area contributed by atoms with E-state index in [-0.39, 0.29) is 24.1 Å². The van der Waals surface area contributed by atoms with Crippen LogP contribution in [0.15, 0.2) is 18.9 Å². The number of amides is 2. The summed E-state index contributed by atoms with van der Waals surface area (Å²) in [7, 11) is 0. The molecule has 0 saturated carbocycles. The van der Waals surface area contributed by atoms with Crippen molar-refractivity contribution in [2.75, 3.05) is 31.5 Å². The van der Waals surface area contributed by atoms with Gasteiger partial charge in [-0.15, -0.1) is 0 Å². The fourth-order valence-corrected chi connectivity index (χ4v) is 3.93. The van der Waals surface area contributed by atoms with Crippen LogP contribution >= 0.6 is 0 Å². The van der Waals surface area contributed by atoms with Crippen molar-refractivity contribution < 1.29 is 14.3 Å². The number of piperidine rings is 1. The summed E-state index contributed by atoms with van der Waals surface area (Å²) in [6.45, 7) is 11.6. The largest absolute Gasteiger partial charge is 0.442 e. The number of nitrogens with one attached hydrogen (secondary N) is 1. The maximum absolute atomic E-state index is 12.4. The first-order chi connectivity index (χ1) is 14.9. The second-order valence-corrected chi connectivity index (χ2v) is 8.44. The highest BCUT2D eigenvalue weighted by atomic mass is 16.6. The van der Waals surface area contributed by atoms with Gasteiger partial charge in [0.2, 0.25) is 11.9 Å². The van der Waals surface area contributed by atoms with Gasteiger partial charge < -0.3 is 19.9 Å². The van der Waals surface area contributed by atoms with Crippen molar-refractivity contribution >= 4 is 23.6 Å². The first-order valence-corrected chi connectivity index (χ1v) is 10.7. The number of anilines is 1. The lowest BCUT2D eigenvalue weighted by atomic mass is 10.1. The molecule has 2 aliphatic rings. The number of likely N-dealkylation sites (tertiary alicyclic amines) is 2. The quantitative estimate of drug-likeness (QED) is 0.727. The highest BCUT2D eigenvalue weighted by Gasteiger charge is 2.34. The van der Waals surface area contributed by atoms with Gasteiger partial charge in [-0.25, -0.2) is 9.78 Å².